The molecule has 0 spiro atoms. The van der Waals surface area contributed by atoms with Gasteiger partial charge in [0.05, 0.1) is 5.69 Å². The Morgan fingerprint density at radius 1 is 1.10 bits per heavy atom. The van der Waals surface area contributed by atoms with E-state index in [2.05, 4.69) is 70.7 Å². The average Bonchev–Trinajstić information content (AvgIpc) is 2.99. The van der Waals surface area contributed by atoms with Crippen molar-refractivity contribution in [3.05, 3.63) is 52.3 Å². The molecular formula is C24H39IN6. The molecule has 6 nitrogen and oxygen atoms in total. The molecule has 3 rings (SSSR count). The van der Waals surface area contributed by atoms with Crippen molar-refractivity contribution in [3.8, 4) is 0 Å². The molecule has 31 heavy (non-hydrogen) atoms. The molecule has 1 atom stereocenters. The minimum absolute atomic E-state index is 0. The van der Waals surface area contributed by atoms with Crippen molar-refractivity contribution in [2.24, 2.45) is 12.0 Å². The van der Waals surface area contributed by atoms with E-state index in [4.69, 9.17) is 0 Å². The Bertz CT molecular complexity index is 836. The normalized spacial score (nSPS) is 16.0. The van der Waals surface area contributed by atoms with Crippen LogP contribution in [0.25, 0.3) is 0 Å². The van der Waals surface area contributed by atoms with Gasteiger partial charge < -0.3 is 10.6 Å². The predicted octanol–water partition coefficient (Wildman–Crippen LogP) is 3.94. The van der Waals surface area contributed by atoms with Gasteiger partial charge in [0.1, 0.15) is 0 Å². The largest absolute Gasteiger partial charge is 0.354 e. The van der Waals surface area contributed by atoms with Gasteiger partial charge in [0, 0.05) is 38.9 Å². The second-order valence-electron chi connectivity index (χ2n) is 8.60. The molecular weight excluding hydrogens is 499 g/mol. The van der Waals surface area contributed by atoms with Crippen molar-refractivity contribution in [2.45, 2.75) is 65.6 Å². The zero-order chi connectivity index (χ0) is 21.5. The van der Waals surface area contributed by atoms with Gasteiger partial charge in [-0.05, 0) is 69.8 Å². The Hall–Kier alpha value is -1.61. The van der Waals surface area contributed by atoms with E-state index in [0.717, 1.165) is 31.2 Å². The van der Waals surface area contributed by atoms with Crippen LogP contribution in [0.5, 0.6) is 0 Å². The average molecular weight is 539 g/mol. The lowest BCUT2D eigenvalue weighted by atomic mass is 10.1. The summed E-state index contributed by atoms with van der Waals surface area (Å²) in [6.45, 7) is 10.7. The van der Waals surface area contributed by atoms with E-state index in [9.17, 15) is 0 Å². The third kappa shape index (κ3) is 7.49. The van der Waals surface area contributed by atoms with Gasteiger partial charge in [-0.1, -0.05) is 30.7 Å². The number of aromatic nitrogens is 2. The van der Waals surface area contributed by atoms with Crippen LogP contribution in [0.2, 0.25) is 0 Å². The molecule has 7 heteroatoms. The number of nitrogens with one attached hydrogen (secondary N) is 2. The van der Waals surface area contributed by atoms with Crippen LogP contribution in [0.15, 0.2) is 29.3 Å². The summed E-state index contributed by atoms with van der Waals surface area (Å²) in [5, 5.41) is 11.5. The smallest absolute Gasteiger partial charge is 0.191 e. The molecule has 2 heterocycles. The number of aliphatic imine (C=N–C) groups is 1. The monoisotopic (exact) mass is 538 g/mol. The number of halogens is 1. The second kappa shape index (κ2) is 12.4. The summed E-state index contributed by atoms with van der Waals surface area (Å²) >= 11 is 0. The molecule has 172 valence electrons. The van der Waals surface area contributed by atoms with Gasteiger partial charge in [-0.15, -0.1) is 24.0 Å². The third-order valence-corrected chi connectivity index (χ3v) is 6.11. The highest BCUT2D eigenvalue weighted by Gasteiger charge is 2.14. The third-order valence-electron chi connectivity index (χ3n) is 6.11. The first-order chi connectivity index (χ1) is 14.5. The summed E-state index contributed by atoms with van der Waals surface area (Å²) in [7, 11) is 3.83. The number of hydrogen-bond acceptors (Lipinski definition) is 3. The topological polar surface area (TPSA) is 57.5 Å². The molecule has 2 N–H and O–H groups in total. The number of hydrogen-bond donors (Lipinski definition) is 2. The van der Waals surface area contributed by atoms with Crippen molar-refractivity contribution >= 4 is 29.9 Å². The molecule has 0 radical (unpaired) electrons. The summed E-state index contributed by atoms with van der Waals surface area (Å²) < 4.78 is 1.96. The summed E-state index contributed by atoms with van der Waals surface area (Å²) in [5.74, 6) is 0.832. The number of aryl methyl sites for hydroxylation is 2. The Morgan fingerprint density at radius 2 is 1.74 bits per heavy atom. The molecule has 1 aliphatic rings. The van der Waals surface area contributed by atoms with Crippen LogP contribution in [0.3, 0.4) is 0 Å². The molecule has 1 aromatic heterocycles. The minimum atomic E-state index is 0. The number of piperidine rings is 1. The van der Waals surface area contributed by atoms with E-state index in [-0.39, 0.29) is 30.0 Å². The number of nitrogens with zero attached hydrogens (tertiary/aromatic N) is 4. The van der Waals surface area contributed by atoms with E-state index < -0.39 is 0 Å². The van der Waals surface area contributed by atoms with Crippen LogP contribution >= 0.6 is 24.0 Å². The highest BCUT2D eigenvalue weighted by Crippen LogP contribution is 2.15. The van der Waals surface area contributed by atoms with Crippen LogP contribution in [0.4, 0.5) is 0 Å². The van der Waals surface area contributed by atoms with Crippen molar-refractivity contribution < 1.29 is 0 Å². The van der Waals surface area contributed by atoms with Crippen molar-refractivity contribution in [1.29, 1.82) is 0 Å². The van der Waals surface area contributed by atoms with Gasteiger partial charge in [-0.3, -0.25) is 14.6 Å². The quantitative estimate of drug-likeness (QED) is 0.319. The van der Waals surface area contributed by atoms with Crippen LogP contribution in [-0.2, 0) is 26.6 Å². The molecule has 0 aliphatic carbocycles. The summed E-state index contributed by atoms with van der Waals surface area (Å²) in [6.07, 6.45) is 4.99. The zero-order valence-corrected chi connectivity index (χ0v) is 22.1. The number of likely N-dealkylation sites (tertiary alicyclic amines) is 1. The molecule has 0 amide bonds. The number of rotatable bonds is 7. The Labute approximate surface area is 204 Å². The first-order valence-electron chi connectivity index (χ1n) is 11.2. The second-order valence-corrected chi connectivity index (χ2v) is 8.60. The van der Waals surface area contributed by atoms with Gasteiger partial charge in [0.2, 0.25) is 0 Å². The number of benzene rings is 1. The van der Waals surface area contributed by atoms with Crippen LogP contribution < -0.4 is 10.6 Å². The molecule has 0 bridgehead atoms. The molecule has 1 aliphatic heterocycles. The summed E-state index contributed by atoms with van der Waals surface area (Å²) in [4.78, 5) is 6.96. The fourth-order valence-electron chi connectivity index (χ4n) is 4.22. The molecule has 1 aromatic carbocycles. The molecule has 1 unspecified atom stereocenters. The fraction of sp³-hybridized carbons (Fsp3) is 0.583. The fourth-order valence-corrected chi connectivity index (χ4v) is 4.22. The molecule has 1 fully saturated rings. The zero-order valence-electron chi connectivity index (χ0n) is 19.7. The van der Waals surface area contributed by atoms with Gasteiger partial charge in [0.25, 0.3) is 0 Å². The lowest BCUT2D eigenvalue weighted by molar-refractivity contribution is 0.221. The Kier molecular flexibility index (Phi) is 10.3. The van der Waals surface area contributed by atoms with Gasteiger partial charge >= 0.3 is 0 Å². The number of guanidine groups is 1. The predicted molar refractivity (Wildman–Crippen MR) is 140 cm³/mol. The maximum Gasteiger partial charge on any atom is 0.191 e. The lowest BCUT2D eigenvalue weighted by Crippen LogP contribution is -2.42. The highest BCUT2D eigenvalue weighted by molar-refractivity contribution is 14.0. The van der Waals surface area contributed by atoms with E-state index in [1.54, 1.807) is 0 Å². The van der Waals surface area contributed by atoms with Gasteiger partial charge in [-0.2, -0.15) is 5.10 Å². The van der Waals surface area contributed by atoms with Crippen LogP contribution in [-0.4, -0.2) is 46.8 Å². The van der Waals surface area contributed by atoms with Gasteiger partial charge in [0.15, 0.2) is 5.96 Å². The maximum atomic E-state index is 4.52. The molecule has 2 aromatic rings. The van der Waals surface area contributed by atoms with Gasteiger partial charge in [-0.25, -0.2) is 0 Å². The Balaban J connectivity index is 0.00000341. The van der Waals surface area contributed by atoms with Crippen molar-refractivity contribution in [3.63, 3.8) is 0 Å². The first kappa shape index (κ1) is 25.6. The van der Waals surface area contributed by atoms with Crippen LogP contribution in [0.1, 0.15) is 54.3 Å². The SMILES string of the molecule is CN=C(NCc1ccc(CN2CCCCC2)cc1)NC(C)Cc1c(C)nn(C)c1C.I. The lowest BCUT2D eigenvalue weighted by Gasteiger charge is -2.26. The standard InChI is InChI=1S/C24H38N6.HI/c1-18(15-23-19(2)28-29(5)20(23)3)27-24(25-4)26-16-21-9-11-22(12-10-21)17-30-13-7-6-8-14-30;/h9-12,18H,6-8,13-17H2,1-5H3,(H2,25,26,27);1H. The van der Waals surface area contributed by atoms with E-state index in [1.165, 1.54) is 54.7 Å². The first-order valence-corrected chi connectivity index (χ1v) is 11.2. The van der Waals surface area contributed by atoms with Crippen LogP contribution in [0, 0.1) is 13.8 Å². The minimum Gasteiger partial charge on any atom is -0.354 e. The maximum absolute atomic E-state index is 4.52. The highest BCUT2D eigenvalue weighted by atomic mass is 127. The van der Waals surface area contributed by atoms with Crippen molar-refractivity contribution in [1.82, 2.24) is 25.3 Å². The van der Waals surface area contributed by atoms with E-state index >= 15 is 0 Å². The van der Waals surface area contributed by atoms with E-state index in [0.29, 0.717) is 0 Å². The Morgan fingerprint density at radius 3 is 2.32 bits per heavy atom. The van der Waals surface area contributed by atoms with Crippen molar-refractivity contribution in [2.75, 3.05) is 20.1 Å². The summed E-state index contributed by atoms with van der Waals surface area (Å²) in [5.41, 5.74) is 6.33. The summed E-state index contributed by atoms with van der Waals surface area (Å²) in [6, 6.07) is 9.25. The van der Waals surface area contributed by atoms with E-state index in [1.807, 2.05) is 18.8 Å². The molecule has 0 saturated carbocycles. The molecule has 1 saturated heterocycles.